The Bertz CT molecular complexity index is 4330. The van der Waals surface area contributed by atoms with Gasteiger partial charge in [-0.25, -0.2) is 0 Å². The lowest BCUT2D eigenvalue weighted by Crippen LogP contribution is -2.28. The molecular formula is C70H48N2O. The van der Waals surface area contributed by atoms with Crippen LogP contribution in [0.2, 0.25) is 0 Å². The predicted octanol–water partition coefficient (Wildman–Crippen LogP) is 18.5. The van der Waals surface area contributed by atoms with Gasteiger partial charge >= 0.3 is 0 Å². The van der Waals surface area contributed by atoms with E-state index < -0.39 is 5.41 Å². The van der Waals surface area contributed by atoms with E-state index in [4.69, 9.17) is 4.42 Å². The van der Waals surface area contributed by atoms with Crippen molar-refractivity contribution in [2.24, 2.45) is 0 Å². The number of furan rings is 1. The first-order valence-electron chi connectivity index (χ1n) is 25.4. The number of aromatic nitrogens is 1. The van der Waals surface area contributed by atoms with Crippen molar-refractivity contribution < 1.29 is 4.42 Å². The lowest BCUT2D eigenvalue weighted by atomic mass is 9.67. The third-order valence-electron chi connectivity index (χ3n) is 16.3. The maximum atomic E-state index is 6.49. The van der Waals surface area contributed by atoms with Crippen LogP contribution in [-0.2, 0) is 10.8 Å². The molecule has 0 saturated heterocycles. The Hall–Kier alpha value is -9.18. The highest BCUT2D eigenvalue weighted by Crippen LogP contribution is 2.59. The number of hydrogen-bond acceptors (Lipinski definition) is 2. The molecule has 13 aromatic rings. The summed E-state index contributed by atoms with van der Waals surface area (Å²) < 4.78 is 8.96. The van der Waals surface area contributed by atoms with Gasteiger partial charge in [0.2, 0.25) is 0 Å². The van der Waals surface area contributed by atoms with E-state index in [0.29, 0.717) is 0 Å². The van der Waals surface area contributed by atoms with E-state index in [9.17, 15) is 0 Å². The molecule has 3 nitrogen and oxygen atoms in total. The normalized spacial score (nSPS) is 15.2. The van der Waals surface area contributed by atoms with Crippen LogP contribution >= 0.6 is 0 Å². The van der Waals surface area contributed by atoms with Gasteiger partial charge in [-0.3, -0.25) is 0 Å². The van der Waals surface area contributed by atoms with Crippen LogP contribution in [0.4, 0.5) is 17.1 Å². The van der Waals surface area contributed by atoms with Crippen molar-refractivity contribution in [1.29, 1.82) is 0 Å². The summed E-state index contributed by atoms with van der Waals surface area (Å²) >= 11 is 0. The SMILES string of the molecule is CC1(C)c2ccccc2-c2c(-c3ccccc3N(c3ccc4c(c3)C(c3ccccc3)(c3ccc5oc6ccccc6c5c3)c3ccccc3-4)c3ccccc3-n3c4ccccc4c4ccccc43)cccc21. The second kappa shape index (κ2) is 15.7. The molecule has 0 aliphatic heterocycles. The molecule has 0 saturated carbocycles. The molecule has 15 rings (SSSR count). The van der Waals surface area contributed by atoms with Crippen molar-refractivity contribution in [3.8, 4) is 39.1 Å². The van der Waals surface area contributed by atoms with E-state index in [1.54, 1.807) is 0 Å². The Morgan fingerprint density at radius 3 is 1.73 bits per heavy atom. The first-order chi connectivity index (χ1) is 36.0. The van der Waals surface area contributed by atoms with E-state index in [1.165, 1.54) is 88.6 Å². The maximum absolute atomic E-state index is 6.49. The Morgan fingerprint density at radius 1 is 0.356 bits per heavy atom. The summed E-state index contributed by atoms with van der Waals surface area (Å²) in [6.45, 7) is 4.74. The summed E-state index contributed by atoms with van der Waals surface area (Å²) in [5.74, 6) is 0. The molecule has 2 aliphatic rings. The number of fused-ring (bicyclic) bond motifs is 12. The highest BCUT2D eigenvalue weighted by molar-refractivity contribution is 6.10. The number of hydrogen-bond donors (Lipinski definition) is 0. The molecule has 1 atom stereocenters. The molecule has 344 valence electrons. The minimum Gasteiger partial charge on any atom is -0.456 e. The molecule has 0 spiro atoms. The van der Waals surface area contributed by atoms with Crippen molar-refractivity contribution >= 4 is 60.8 Å². The average molecular weight is 933 g/mol. The molecule has 3 heteroatoms. The zero-order valence-electron chi connectivity index (χ0n) is 40.6. The van der Waals surface area contributed by atoms with Gasteiger partial charge < -0.3 is 13.9 Å². The van der Waals surface area contributed by atoms with Crippen LogP contribution in [0, 0.1) is 0 Å². The van der Waals surface area contributed by atoms with Crippen molar-refractivity contribution in [2.75, 3.05) is 4.90 Å². The molecule has 11 aromatic carbocycles. The van der Waals surface area contributed by atoms with Gasteiger partial charge in [0.15, 0.2) is 0 Å². The monoisotopic (exact) mass is 932 g/mol. The van der Waals surface area contributed by atoms with Gasteiger partial charge in [-0.05, 0) is 122 Å². The third-order valence-corrected chi connectivity index (χ3v) is 16.3. The smallest absolute Gasteiger partial charge is 0.135 e. The lowest BCUT2D eigenvalue weighted by molar-refractivity contribution is 0.660. The Morgan fingerprint density at radius 2 is 0.932 bits per heavy atom. The zero-order valence-corrected chi connectivity index (χ0v) is 40.6. The fraction of sp³-hybridized carbons (Fsp3) is 0.0571. The van der Waals surface area contributed by atoms with Crippen molar-refractivity contribution in [3.63, 3.8) is 0 Å². The number of para-hydroxylation sites is 6. The second-order valence-corrected chi connectivity index (χ2v) is 20.3. The molecule has 0 amide bonds. The predicted molar refractivity (Wildman–Crippen MR) is 303 cm³/mol. The minimum atomic E-state index is -0.678. The van der Waals surface area contributed by atoms with E-state index in [-0.39, 0.29) is 5.41 Å². The molecule has 0 N–H and O–H groups in total. The fourth-order valence-electron chi connectivity index (χ4n) is 13.2. The van der Waals surface area contributed by atoms with Crippen LogP contribution < -0.4 is 4.90 Å². The topological polar surface area (TPSA) is 21.3 Å². The highest BCUT2D eigenvalue weighted by Gasteiger charge is 2.47. The summed E-state index contributed by atoms with van der Waals surface area (Å²) in [6.07, 6.45) is 0. The van der Waals surface area contributed by atoms with Gasteiger partial charge in [0.25, 0.3) is 0 Å². The molecule has 2 aromatic heterocycles. The van der Waals surface area contributed by atoms with Gasteiger partial charge in [0, 0.05) is 38.2 Å². The Kier molecular flexibility index (Phi) is 8.92. The van der Waals surface area contributed by atoms with Crippen LogP contribution in [0.1, 0.15) is 47.2 Å². The van der Waals surface area contributed by atoms with Gasteiger partial charge in [-0.2, -0.15) is 0 Å². The van der Waals surface area contributed by atoms with Gasteiger partial charge in [-0.1, -0.05) is 208 Å². The Labute approximate surface area is 424 Å². The number of anilines is 3. The fourth-order valence-corrected chi connectivity index (χ4v) is 13.2. The summed E-state index contributed by atoms with van der Waals surface area (Å²) in [7, 11) is 0. The summed E-state index contributed by atoms with van der Waals surface area (Å²) in [6, 6.07) is 94.4. The average Bonchev–Trinajstić information content (AvgIpc) is 4.15. The molecule has 2 heterocycles. The third kappa shape index (κ3) is 5.82. The standard InChI is InChI=1S/C70H48N2O/c1-69(2)57-30-12-7-28-55(57)68-54(29-20-32-59(68)69)52-26-10-14-33-61(52)71(64-36-17-18-37-65(64)72-62-34-15-8-24-50(62)51-25-9-16-35-63(51)72)47-40-41-49-48-23-6-13-31-58(48)70(60(49)44-47,45-21-4-3-5-22-45)46-39-42-67-56(43-46)53-27-11-19-38-66(53)73-67/h3-44H,1-2H3. The van der Waals surface area contributed by atoms with Gasteiger partial charge in [-0.15, -0.1) is 0 Å². The van der Waals surface area contributed by atoms with E-state index >= 15 is 0 Å². The highest BCUT2D eigenvalue weighted by atomic mass is 16.3. The molecule has 1 unspecified atom stereocenters. The molecule has 73 heavy (non-hydrogen) atoms. The van der Waals surface area contributed by atoms with Crippen LogP contribution in [0.3, 0.4) is 0 Å². The van der Waals surface area contributed by atoms with Crippen molar-refractivity contribution in [3.05, 3.63) is 288 Å². The van der Waals surface area contributed by atoms with E-state index in [0.717, 1.165) is 44.7 Å². The first-order valence-corrected chi connectivity index (χ1v) is 25.4. The van der Waals surface area contributed by atoms with Gasteiger partial charge in [0.1, 0.15) is 11.2 Å². The largest absolute Gasteiger partial charge is 0.456 e. The summed E-state index contributed by atoms with van der Waals surface area (Å²) in [5.41, 5.74) is 22.7. The lowest BCUT2D eigenvalue weighted by Gasteiger charge is -2.35. The number of rotatable bonds is 7. The maximum Gasteiger partial charge on any atom is 0.135 e. The molecule has 0 radical (unpaired) electrons. The molecular weight excluding hydrogens is 885 g/mol. The Balaban J connectivity index is 1.05. The van der Waals surface area contributed by atoms with Crippen LogP contribution in [-0.4, -0.2) is 4.57 Å². The van der Waals surface area contributed by atoms with E-state index in [1.807, 2.05) is 0 Å². The van der Waals surface area contributed by atoms with Crippen molar-refractivity contribution in [2.45, 2.75) is 24.7 Å². The van der Waals surface area contributed by atoms with Crippen LogP contribution in [0.5, 0.6) is 0 Å². The van der Waals surface area contributed by atoms with E-state index in [2.05, 4.69) is 278 Å². The number of benzene rings is 11. The minimum absolute atomic E-state index is 0.152. The zero-order chi connectivity index (χ0) is 48.4. The second-order valence-electron chi connectivity index (χ2n) is 20.3. The van der Waals surface area contributed by atoms with Gasteiger partial charge in [0.05, 0.1) is 33.5 Å². The van der Waals surface area contributed by atoms with Crippen LogP contribution in [0.25, 0.3) is 82.8 Å². The van der Waals surface area contributed by atoms with Crippen LogP contribution in [0.15, 0.2) is 259 Å². The molecule has 0 bridgehead atoms. The molecule has 0 fully saturated rings. The quantitative estimate of drug-likeness (QED) is 0.159. The first kappa shape index (κ1) is 41.6. The summed E-state index contributed by atoms with van der Waals surface area (Å²) in [4.78, 5) is 2.55. The summed E-state index contributed by atoms with van der Waals surface area (Å²) in [5, 5.41) is 4.68. The molecule has 2 aliphatic carbocycles. The van der Waals surface area contributed by atoms with Crippen molar-refractivity contribution in [1.82, 2.24) is 4.57 Å². The number of nitrogens with zero attached hydrogens (tertiary/aromatic N) is 2.